The Hall–Kier alpha value is -2.70. The number of benzene rings is 1. The van der Waals surface area contributed by atoms with Gasteiger partial charge in [-0.1, -0.05) is 12.1 Å². The number of carboxylic acids is 1. The van der Waals surface area contributed by atoms with Crippen molar-refractivity contribution < 1.29 is 14.7 Å². The van der Waals surface area contributed by atoms with Crippen molar-refractivity contribution >= 4 is 17.6 Å². The highest BCUT2D eigenvalue weighted by Gasteiger charge is 2.21. The molecule has 7 nitrogen and oxygen atoms in total. The number of para-hydroxylation sites is 1. The van der Waals surface area contributed by atoms with E-state index >= 15 is 0 Å². The molecule has 1 heterocycles. The summed E-state index contributed by atoms with van der Waals surface area (Å²) in [6.45, 7) is 1.68. The maximum absolute atomic E-state index is 12.1. The van der Waals surface area contributed by atoms with Crippen molar-refractivity contribution in [3.8, 4) is 0 Å². The second kappa shape index (κ2) is 4.89. The van der Waals surface area contributed by atoms with Gasteiger partial charge in [0.25, 0.3) is 5.91 Å². The van der Waals surface area contributed by atoms with Crippen LogP contribution in [-0.2, 0) is 0 Å². The number of nitrogens with one attached hydrogen (secondary N) is 1. The van der Waals surface area contributed by atoms with Crippen LogP contribution in [0, 0.1) is 6.92 Å². The predicted molar refractivity (Wildman–Crippen MR) is 67.3 cm³/mol. The second-order valence-electron chi connectivity index (χ2n) is 3.93. The normalized spacial score (nSPS) is 10.2. The summed E-state index contributed by atoms with van der Waals surface area (Å²) in [7, 11) is 1.48. The first-order chi connectivity index (χ1) is 9.00. The number of rotatable bonds is 3. The molecular weight excluding hydrogens is 248 g/mol. The summed E-state index contributed by atoms with van der Waals surface area (Å²) in [6.07, 6.45) is 0. The highest BCUT2D eigenvalue weighted by molar-refractivity contribution is 6.07. The molecule has 0 aliphatic carbocycles. The number of carboxylic acid groups (broad SMARTS) is 1. The molecule has 0 fully saturated rings. The first-order valence-electron chi connectivity index (χ1n) is 5.50. The number of carbonyl (C=O) groups excluding carboxylic acids is 1. The molecule has 0 saturated heterocycles. The quantitative estimate of drug-likeness (QED) is 0.860. The Morgan fingerprint density at radius 2 is 2.00 bits per heavy atom. The van der Waals surface area contributed by atoms with Crippen molar-refractivity contribution in [2.45, 2.75) is 6.92 Å². The van der Waals surface area contributed by atoms with Gasteiger partial charge in [0.1, 0.15) is 5.82 Å². The zero-order valence-electron chi connectivity index (χ0n) is 10.4. The number of anilines is 1. The van der Waals surface area contributed by atoms with E-state index in [-0.39, 0.29) is 11.4 Å². The topological polar surface area (TPSA) is 99.2 Å². The second-order valence-corrected chi connectivity index (χ2v) is 3.93. The van der Waals surface area contributed by atoms with E-state index < -0.39 is 11.9 Å². The van der Waals surface area contributed by atoms with E-state index in [1.807, 2.05) is 0 Å². The minimum Gasteiger partial charge on any atom is -0.478 e. The Morgan fingerprint density at radius 3 is 2.58 bits per heavy atom. The van der Waals surface area contributed by atoms with Gasteiger partial charge in [-0.2, -0.15) is 0 Å². The van der Waals surface area contributed by atoms with E-state index in [2.05, 4.69) is 15.2 Å². The van der Waals surface area contributed by atoms with Crippen LogP contribution in [0.4, 0.5) is 5.69 Å². The molecule has 7 heteroatoms. The number of amides is 1. The Labute approximate surface area is 108 Å². The van der Waals surface area contributed by atoms with Gasteiger partial charge in [0, 0.05) is 7.05 Å². The third kappa shape index (κ3) is 2.44. The van der Waals surface area contributed by atoms with Crippen LogP contribution in [0.15, 0.2) is 24.3 Å². The van der Waals surface area contributed by atoms with Gasteiger partial charge in [-0.05, 0) is 19.1 Å². The number of aromatic nitrogens is 3. The first-order valence-corrected chi connectivity index (χ1v) is 5.50. The molecule has 0 spiro atoms. The zero-order chi connectivity index (χ0) is 14.0. The molecule has 0 aliphatic rings. The van der Waals surface area contributed by atoms with Crippen LogP contribution in [0.5, 0.6) is 0 Å². The number of carbonyl (C=O) groups is 2. The largest absolute Gasteiger partial charge is 0.478 e. The maximum Gasteiger partial charge on any atom is 0.337 e. The number of H-pyrrole nitrogens is 1. The molecule has 1 amide bonds. The van der Waals surface area contributed by atoms with Gasteiger partial charge in [-0.25, -0.2) is 9.78 Å². The molecule has 0 saturated carbocycles. The van der Waals surface area contributed by atoms with Gasteiger partial charge >= 0.3 is 5.97 Å². The van der Waals surface area contributed by atoms with Crippen LogP contribution < -0.4 is 4.90 Å². The summed E-state index contributed by atoms with van der Waals surface area (Å²) < 4.78 is 0. The number of hydrogen-bond donors (Lipinski definition) is 2. The third-order valence-electron chi connectivity index (χ3n) is 2.59. The molecule has 0 aliphatic heterocycles. The number of nitrogens with zero attached hydrogens (tertiary/aromatic N) is 3. The zero-order valence-corrected chi connectivity index (χ0v) is 10.4. The van der Waals surface area contributed by atoms with Crippen molar-refractivity contribution in [1.82, 2.24) is 15.2 Å². The molecule has 0 radical (unpaired) electrons. The van der Waals surface area contributed by atoms with Crippen LogP contribution in [0.25, 0.3) is 0 Å². The predicted octanol–water partition coefficient (Wildman–Crippen LogP) is 1.09. The van der Waals surface area contributed by atoms with Crippen LogP contribution in [0.1, 0.15) is 26.8 Å². The van der Waals surface area contributed by atoms with Gasteiger partial charge < -0.3 is 10.0 Å². The summed E-state index contributed by atoms with van der Waals surface area (Å²) >= 11 is 0. The third-order valence-corrected chi connectivity index (χ3v) is 2.59. The average molecular weight is 260 g/mol. The fourth-order valence-corrected chi connectivity index (χ4v) is 1.64. The Kier molecular flexibility index (Phi) is 3.28. The molecule has 2 N–H and O–H groups in total. The van der Waals surface area contributed by atoms with Crippen LogP contribution in [-0.4, -0.2) is 39.2 Å². The van der Waals surface area contributed by atoms with Crippen LogP contribution >= 0.6 is 0 Å². The molecule has 0 bridgehead atoms. The summed E-state index contributed by atoms with van der Waals surface area (Å²) in [5, 5.41) is 15.4. The van der Waals surface area contributed by atoms with E-state index in [4.69, 9.17) is 5.11 Å². The molecule has 19 heavy (non-hydrogen) atoms. The molecule has 1 aromatic carbocycles. The number of aryl methyl sites for hydroxylation is 1. The lowest BCUT2D eigenvalue weighted by Gasteiger charge is -2.17. The summed E-state index contributed by atoms with van der Waals surface area (Å²) in [4.78, 5) is 28.4. The number of aromatic carboxylic acids is 1. The standard InChI is InChI=1S/C12H12N4O3/c1-7-13-10(15-14-7)11(17)16(2)9-6-4-3-5-8(9)12(18)19/h3-6H,1-2H3,(H,18,19)(H,13,14,15). The molecule has 2 rings (SSSR count). The van der Waals surface area contributed by atoms with E-state index in [1.54, 1.807) is 25.1 Å². The monoisotopic (exact) mass is 260 g/mol. The van der Waals surface area contributed by atoms with Crippen LogP contribution in [0.2, 0.25) is 0 Å². The van der Waals surface area contributed by atoms with E-state index in [0.29, 0.717) is 11.5 Å². The number of hydrogen-bond acceptors (Lipinski definition) is 4. The van der Waals surface area contributed by atoms with E-state index in [0.717, 1.165) is 0 Å². The fourth-order valence-electron chi connectivity index (χ4n) is 1.64. The smallest absolute Gasteiger partial charge is 0.337 e. The summed E-state index contributed by atoms with van der Waals surface area (Å²) in [6, 6.07) is 6.25. The first kappa shape index (κ1) is 12.7. The molecule has 2 aromatic rings. The van der Waals surface area contributed by atoms with Gasteiger partial charge in [0.05, 0.1) is 11.3 Å². The fraction of sp³-hybridized carbons (Fsp3) is 0.167. The van der Waals surface area contributed by atoms with Crippen molar-refractivity contribution in [2.75, 3.05) is 11.9 Å². The van der Waals surface area contributed by atoms with Crippen molar-refractivity contribution in [3.05, 3.63) is 41.5 Å². The van der Waals surface area contributed by atoms with Gasteiger partial charge in [0.15, 0.2) is 0 Å². The Morgan fingerprint density at radius 1 is 1.32 bits per heavy atom. The number of aromatic amines is 1. The maximum atomic E-state index is 12.1. The molecule has 1 aromatic heterocycles. The minimum atomic E-state index is -1.10. The average Bonchev–Trinajstić information content (AvgIpc) is 2.83. The SMILES string of the molecule is Cc1nc(C(=O)N(C)c2ccccc2C(=O)O)n[nH]1. The minimum absolute atomic E-state index is 0.000178. The molecule has 0 unspecified atom stereocenters. The summed E-state index contributed by atoms with van der Waals surface area (Å²) in [5.41, 5.74) is 0.341. The molecule has 0 atom stereocenters. The van der Waals surface area contributed by atoms with Gasteiger partial charge in [-0.15, -0.1) is 5.10 Å². The Bertz CT molecular complexity index is 635. The highest BCUT2D eigenvalue weighted by Crippen LogP contribution is 2.20. The van der Waals surface area contributed by atoms with Crippen molar-refractivity contribution in [1.29, 1.82) is 0 Å². The lowest BCUT2D eigenvalue weighted by Crippen LogP contribution is -2.28. The van der Waals surface area contributed by atoms with Crippen LogP contribution in [0.3, 0.4) is 0 Å². The van der Waals surface area contributed by atoms with Crippen molar-refractivity contribution in [2.24, 2.45) is 0 Å². The van der Waals surface area contributed by atoms with Gasteiger partial charge in [0.2, 0.25) is 5.82 Å². The van der Waals surface area contributed by atoms with Crippen molar-refractivity contribution in [3.63, 3.8) is 0 Å². The summed E-state index contributed by atoms with van der Waals surface area (Å²) in [5.74, 6) is -1.05. The lowest BCUT2D eigenvalue weighted by atomic mass is 10.1. The molecule has 98 valence electrons. The molecular formula is C12H12N4O3. The van der Waals surface area contributed by atoms with Gasteiger partial charge in [-0.3, -0.25) is 9.89 Å². The van der Waals surface area contributed by atoms with E-state index in [1.165, 1.54) is 18.0 Å². The lowest BCUT2D eigenvalue weighted by molar-refractivity contribution is 0.0697. The Balaban J connectivity index is 2.37. The van der Waals surface area contributed by atoms with E-state index in [9.17, 15) is 9.59 Å². The highest BCUT2D eigenvalue weighted by atomic mass is 16.4.